The molecule has 25 heavy (non-hydrogen) atoms. The number of hydrogen-bond acceptors (Lipinski definition) is 4. The molecule has 0 radical (unpaired) electrons. The zero-order chi connectivity index (χ0) is 17.7. The molecule has 1 aliphatic rings. The van der Waals surface area contributed by atoms with Gasteiger partial charge in [0.05, 0.1) is 5.69 Å². The number of nitrogens with two attached hydrogens (primary N) is 1. The first-order valence-electron chi connectivity index (χ1n) is 7.81. The first kappa shape index (κ1) is 21.2. The number of nitrogens with one attached hydrogen (secondary N) is 2. The van der Waals surface area contributed by atoms with Crippen molar-refractivity contribution in [3.05, 3.63) is 29.3 Å². The summed E-state index contributed by atoms with van der Waals surface area (Å²) < 4.78 is 0. The first-order valence-corrected chi connectivity index (χ1v) is 8.18. The number of imide groups is 1. The smallest absolute Gasteiger partial charge is 0.329 e. The van der Waals surface area contributed by atoms with Gasteiger partial charge in [-0.25, -0.2) is 9.69 Å². The van der Waals surface area contributed by atoms with Crippen LogP contribution in [0.25, 0.3) is 0 Å². The monoisotopic (exact) mass is 388 g/mol. The zero-order valence-electron chi connectivity index (χ0n) is 13.8. The van der Waals surface area contributed by atoms with E-state index in [0.717, 1.165) is 4.90 Å². The fourth-order valence-corrected chi connectivity index (χ4v) is 2.49. The standard InChI is InChI=1S/C16H21ClN4O3.ClH/c1-10(18)8-9-19-14(22)7-6-13-15(23)21(16(24)20-13)12-4-2-11(17)3-5-12;/h2-5,10,13H,6-9,18H2,1H3,(H,19,22)(H,20,24);1H. The van der Waals surface area contributed by atoms with Gasteiger partial charge in [0.2, 0.25) is 5.91 Å². The quantitative estimate of drug-likeness (QED) is 0.619. The lowest BCUT2D eigenvalue weighted by atomic mass is 10.1. The zero-order valence-corrected chi connectivity index (χ0v) is 15.4. The predicted molar refractivity (Wildman–Crippen MR) is 99.0 cm³/mol. The van der Waals surface area contributed by atoms with Crippen LogP contribution >= 0.6 is 24.0 Å². The van der Waals surface area contributed by atoms with Crippen LogP contribution < -0.4 is 21.3 Å². The van der Waals surface area contributed by atoms with Gasteiger partial charge in [0.15, 0.2) is 0 Å². The van der Waals surface area contributed by atoms with Crippen molar-refractivity contribution in [2.75, 3.05) is 11.4 Å². The molecule has 1 heterocycles. The molecule has 1 aromatic carbocycles. The molecule has 4 amide bonds. The lowest BCUT2D eigenvalue weighted by Crippen LogP contribution is -2.33. The summed E-state index contributed by atoms with van der Waals surface area (Å²) in [5.74, 6) is -0.534. The SMILES string of the molecule is CC(N)CCNC(=O)CCC1NC(=O)N(c2ccc(Cl)cc2)C1=O.Cl. The van der Waals surface area contributed by atoms with E-state index < -0.39 is 12.1 Å². The van der Waals surface area contributed by atoms with Crippen LogP contribution in [0, 0.1) is 0 Å². The fraction of sp³-hybridized carbons (Fsp3) is 0.438. The normalized spacial score (nSPS) is 17.7. The summed E-state index contributed by atoms with van der Waals surface area (Å²) in [4.78, 5) is 37.2. The molecule has 2 rings (SSSR count). The molecule has 2 atom stereocenters. The molecule has 7 nitrogen and oxygen atoms in total. The van der Waals surface area contributed by atoms with E-state index in [1.807, 2.05) is 6.92 Å². The maximum Gasteiger partial charge on any atom is 0.329 e. The Labute approximate surface area is 157 Å². The topological polar surface area (TPSA) is 105 Å². The number of benzene rings is 1. The van der Waals surface area contributed by atoms with E-state index in [1.165, 1.54) is 0 Å². The van der Waals surface area contributed by atoms with Crippen molar-refractivity contribution in [3.63, 3.8) is 0 Å². The van der Waals surface area contributed by atoms with Gasteiger partial charge in [0.25, 0.3) is 5.91 Å². The number of rotatable bonds is 7. The van der Waals surface area contributed by atoms with Gasteiger partial charge in [-0.3, -0.25) is 9.59 Å². The summed E-state index contributed by atoms with van der Waals surface area (Å²) in [6.07, 6.45) is 1.10. The molecule has 0 aromatic heterocycles. The second-order valence-electron chi connectivity index (χ2n) is 5.81. The molecule has 138 valence electrons. The first-order chi connectivity index (χ1) is 11.4. The van der Waals surface area contributed by atoms with Crippen LogP contribution in [-0.2, 0) is 9.59 Å². The third-order valence-electron chi connectivity index (χ3n) is 3.69. The summed E-state index contributed by atoms with van der Waals surface area (Å²) in [7, 11) is 0. The van der Waals surface area contributed by atoms with Gasteiger partial charge in [-0.2, -0.15) is 0 Å². The second-order valence-corrected chi connectivity index (χ2v) is 6.24. The van der Waals surface area contributed by atoms with Crippen molar-refractivity contribution >= 4 is 47.5 Å². The van der Waals surface area contributed by atoms with Gasteiger partial charge in [0.1, 0.15) is 6.04 Å². The molecule has 1 fully saturated rings. The van der Waals surface area contributed by atoms with E-state index in [9.17, 15) is 14.4 Å². The maximum atomic E-state index is 12.4. The van der Waals surface area contributed by atoms with Gasteiger partial charge in [0, 0.05) is 24.0 Å². The average Bonchev–Trinajstić information content (AvgIpc) is 2.80. The Morgan fingerprint density at radius 3 is 2.60 bits per heavy atom. The van der Waals surface area contributed by atoms with Crippen molar-refractivity contribution in [1.82, 2.24) is 10.6 Å². The molecule has 0 spiro atoms. The largest absolute Gasteiger partial charge is 0.356 e. The summed E-state index contributed by atoms with van der Waals surface area (Å²) >= 11 is 5.81. The van der Waals surface area contributed by atoms with Gasteiger partial charge in [-0.1, -0.05) is 11.6 Å². The Balaban J connectivity index is 0.00000312. The van der Waals surface area contributed by atoms with Crippen LogP contribution in [0.4, 0.5) is 10.5 Å². The van der Waals surface area contributed by atoms with Crippen LogP contribution in [0.5, 0.6) is 0 Å². The Morgan fingerprint density at radius 2 is 2.00 bits per heavy atom. The van der Waals surface area contributed by atoms with Gasteiger partial charge in [-0.15, -0.1) is 12.4 Å². The number of hydrogen-bond donors (Lipinski definition) is 3. The van der Waals surface area contributed by atoms with Gasteiger partial charge < -0.3 is 16.4 Å². The molecular weight excluding hydrogens is 367 g/mol. The minimum atomic E-state index is -0.702. The highest BCUT2D eigenvalue weighted by molar-refractivity contribution is 6.30. The van der Waals surface area contributed by atoms with Crippen LogP contribution in [0.1, 0.15) is 26.2 Å². The number of carbonyl (C=O) groups excluding carboxylic acids is 3. The van der Waals surface area contributed by atoms with Gasteiger partial charge >= 0.3 is 6.03 Å². The molecule has 1 aromatic rings. The Hall–Kier alpha value is -1.83. The number of urea groups is 1. The van der Waals surface area contributed by atoms with Crippen molar-refractivity contribution in [3.8, 4) is 0 Å². The molecule has 0 bridgehead atoms. The maximum absolute atomic E-state index is 12.4. The van der Waals surface area contributed by atoms with E-state index >= 15 is 0 Å². The van der Waals surface area contributed by atoms with Crippen molar-refractivity contribution in [1.29, 1.82) is 0 Å². The minimum Gasteiger partial charge on any atom is -0.356 e. The molecule has 2 unspecified atom stereocenters. The van der Waals surface area contributed by atoms with Crippen LogP contribution in [0.2, 0.25) is 5.02 Å². The highest BCUT2D eigenvalue weighted by atomic mass is 35.5. The summed E-state index contributed by atoms with van der Waals surface area (Å²) in [6.45, 7) is 2.36. The third kappa shape index (κ3) is 5.88. The number of carbonyl (C=O) groups is 3. The lowest BCUT2D eigenvalue weighted by Gasteiger charge is -2.13. The highest BCUT2D eigenvalue weighted by Crippen LogP contribution is 2.23. The molecule has 4 N–H and O–H groups in total. The second kappa shape index (κ2) is 9.60. The fourth-order valence-electron chi connectivity index (χ4n) is 2.36. The van der Waals surface area contributed by atoms with E-state index in [4.69, 9.17) is 17.3 Å². The number of anilines is 1. The highest BCUT2D eigenvalue weighted by Gasteiger charge is 2.38. The average molecular weight is 389 g/mol. The van der Waals surface area contributed by atoms with Crippen molar-refractivity contribution in [2.24, 2.45) is 5.73 Å². The van der Waals surface area contributed by atoms with Crippen molar-refractivity contribution in [2.45, 2.75) is 38.3 Å². The van der Waals surface area contributed by atoms with Crippen LogP contribution in [0.3, 0.4) is 0 Å². The predicted octanol–water partition coefficient (Wildman–Crippen LogP) is 1.82. The van der Waals surface area contributed by atoms with E-state index in [0.29, 0.717) is 23.7 Å². The number of amides is 4. The summed E-state index contributed by atoms with van der Waals surface area (Å²) in [5, 5.41) is 5.86. The lowest BCUT2D eigenvalue weighted by molar-refractivity contribution is -0.121. The number of halogens is 2. The minimum absolute atomic E-state index is 0. The van der Waals surface area contributed by atoms with Gasteiger partial charge in [-0.05, 0) is 44.0 Å². The Morgan fingerprint density at radius 1 is 1.36 bits per heavy atom. The summed E-state index contributed by atoms with van der Waals surface area (Å²) in [5.41, 5.74) is 6.06. The molecule has 9 heteroatoms. The van der Waals surface area contributed by atoms with Crippen LogP contribution in [-0.4, -0.2) is 36.5 Å². The Kier molecular flexibility index (Phi) is 8.15. The molecule has 0 saturated carbocycles. The third-order valence-corrected chi connectivity index (χ3v) is 3.94. The molecular formula is C16H22Cl2N4O3. The number of nitrogens with zero attached hydrogens (tertiary/aromatic N) is 1. The molecule has 0 aliphatic carbocycles. The van der Waals surface area contributed by atoms with Crippen LogP contribution in [0.15, 0.2) is 24.3 Å². The molecule has 1 aliphatic heterocycles. The Bertz CT molecular complexity index is 622. The van der Waals surface area contributed by atoms with E-state index in [-0.39, 0.29) is 43.1 Å². The van der Waals surface area contributed by atoms with Crippen molar-refractivity contribution < 1.29 is 14.4 Å². The van der Waals surface area contributed by atoms with E-state index in [2.05, 4.69) is 10.6 Å². The molecule has 1 saturated heterocycles. The summed E-state index contributed by atoms with van der Waals surface area (Å²) in [6, 6.07) is 5.24. The van der Waals surface area contributed by atoms with E-state index in [1.54, 1.807) is 24.3 Å².